The number of rotatable bonds is 5. The molecule has 2 N–H and O–H groups in total. The molecule has 0 radical (unpaired) electrons. The van der Waals surface area contributed by atoms with E-state index in [9.17, 15) is 14.7 Å². The maximum atomic E-state index is 12.0. The van der Waals surface area contributed by atoms with Crippen LogP contribution in [0.3, 0.4) is 0 Å². The van der Waals surface area contributed by atoms with Crippen LogP contribution in [-0.2, 0) is 11.2 Å². The van der Waals surface area contributed by atoms with Gasteiger partial charge in [-0.2, -0.15) is 0 Å². The Hall–Kier alpha value is -2.62. The van der Waals surface area contributed by atoms with Crippen LogP contribution in [0.4, 0.5) is 5.69 Å². The van der Waals surface area contributed by atoms with Crippen LogP contribution in [0, 0.1) is 0 Å². The lowest BCUT2D eigenvalue weighted by Crippen LogP contribution is -2.11. The van der Waals surface area contributed by atoms with E-state index >= 15 is 0 Å². The summed E-state index contributed by atoms with van der Waals surface area (Å²) in [6, 6.07) is 13.7. The van der Waals surface area contributed by atoms with Crippen molar-refractivity contribution in [3.8, 4) is 5.75 Å². The third kappa shape index (κ3) is 4.18. The number of Topliss-reactive ketones (excluding diaryl/α,β-unsaturated/α-hetero) is 1. The first-order chi connectivity index (χ1) is 10.1. The normalized spacial score (nSPS) is 10.1. The lowest BCUT2D eigenvalue weighted by Gasteiger charge is -2.07. The van der Waals surface area contributed by atoms with E-state index in [4.69, 9.17) is 0 Å². The molecule has 4 nitrogen and oxygen atoms in total. The van der Waals surface area contributed by atoms with E-state index in [2.05, 4.69) is 5.32 Å². The minimum atomic E-state index is -0.357. The Morgan fingerprint density at radius 3 is 2.33 bits per heavy atom. The summed E-state index contributed by atoms with van der Waals surface area (Å²) in [5, 5.41) is 12.4. The highest BCUT2D eigenvalue weighted by Crippen LogP contribution is 2.18. The van der Waals surface area contributed by atoms with E-state index in [1.165, 1.54) is 6.07 Å². The fourth-order valence-corrected chi connectivity index (χ4v) is 1.94. The van der Waals surface area contributed by atoms with Crippen molar-refractivity contribution in [2.75, 3.05) is 5.32 Å². The molecule has 0 aliphatic heterocycles. The molecule has 21 heavy (non-hydrogen) atoms. The first-order valence-corrected chi connectivity index (χ1v) is 6.74. The van der Waals surface area contributed by atoms with Crippen molar-refractivity contribution >= 4 is 17.4 Å². The van der Waals surface area contributed by atoms with Gasteiger partial charge in [0.05, 0.1) is 5.56 Å². The molecule has 2 aromatic carbocycles. The molecule has 0 fully saturated rings. The second-order valence-corrected chi connectivity index (χ2v) is 4.87. The number of amides is 1. The van der Waals surface area contributed by atoms with Crippen LogP contribution in [0.25, 0.3) is 0 Å². The van der Waals surface area contributed by atoms with Gasteiger partial charge in [0.15, 0.2) is 0 Å². The van der Waals surface area contributed by atoms with Gasteiger partial charge in [-0.25, -0.2) is 0 Å². The van der Waals surface area contributed by atoms with Gasteiger partial charge in [0.2, 0.25) is 0 Å². The molecule has 0 bridgehead atoms. The lowest BCUT2D eigenvalue weighted by atomic mass is 10.1. The smallest absolute Gasteiger partial charge is 0.259 e. The number of aryl methyl sites for hydroxylation is 1. The Bertz CT molecular complexity index is 647. The number of phenolic OH excluding ortho intramolecular Hbond substituents is 1. The number of ketones is 1. The molecule has 4 heteroatoms. The monoisotopic (exact) mass is 283 g/mol. The molecule has 0 unspecified atom stereocenters. The predicted molar refractivity (Wildman–Crippen MR) is 81.5 cm³/mol. The van der Waals surface area contributed by atoms with Gasteiger partial charge >= 0.3 is 0 Å². The van der Waals surface area contributed by atoms with Gasteiger partial charge in [0, 0.05) is 12.1 Å². The number of nitrogens with one attached hydrogen (secondary N) is 1. The van der Waals surface area contributed by atoms with E-state index in [1.807, 2.05) is 12.1 Å². The van der Waals surface area contributed by atoms with Crippen LogP contribution in [0.5, 0.6) is 5.75 Å². The topological polar surface area (TPSA) is 66.4 Å². The molecular formula is C17H17NO3. The maximum Gasteiger partial charge on any atom is 0.259 e. The molecule has 2 rings (SSSR count). The molecule has 1 amide bonds. The zero-order valence-electron chi connectivity index (χ0n) is 11.8. The number of aromatic hydroxyl groups is 1. The zero-order valence-corrected chi connectivity index (χ0v) is 11.8. The molecule has 0 aliphatic carbocycles. The number of para-hydroxylation sites is 1. The summed E-state index contributed by atoms with van der Waals surface area (Å²) < 4.78 is 0. The number of anilines is 1. The molecule has 2 aromatic rings. The number of carbonyl (C=O) groups excluding carboxylic acids is 2. The average molecular weight is 283 g/mol. The van der Waals surface area contributed by atoms with E-state index in [0.29, 0.717) is 18.5 Å². The van der Waals surface area contributed by atoms with E-state index in [1.54, 1.807) is 37.3 Å². The van der Waals surface area contributed by atoms with Gasteiger partial charge in [-0.05, 0) is 43.2 Å². The zero-order chi connectivity index (χ0) is 15.2. The maximum absolute atomic E-state index is 12.0. The van der Waals surface area contributed by atoms with Gasteiger partial charge in [-0.15, -0.1) is 0 Å². The van der Waals surface area contributed by atoms with Gasteiger partial charge < -0.3 is 15.2 Å². The van der Waals surface area contributed by atoms with E-state index in [-0.39, 0.29) is 23.0 Å². The summed E-state index contributed by atoms with van der Waals surface area (Å²) in [7, 11) is 0. The van der Waals surface area contributed by atoms with Crippen molar-refractivity contribution in [1.82, 2.24) is 0 Å². The second-order valence-electron chi connectivity index (χ2n) is 4.87. The first kappa shape index (κ1) is 14.8. The van der Waals surface area contributed by atoms with Crippen LogP contribution in [0.15, 0.2) is 48.5 Å². The molecule has 0 aliphatic rings. The SMILES string of the molecule is CC(=O)CCc1ccc(NC(=O)c2ccccc2O)cc1. The third-order valence-corrected chi connectivity index (χ3v) is 3.13. The molecular weight excluding hydrogens is 266 g/mol. The molecule has 0 aromatic heterocycles. The first-order valence-electron chi connectivity index (χ1n) is 6.74. The molecule has 0 saturated heterocycles. The van der Waals surface area contributed by atoms with Crippen molar-refractivity contribution in [1.29, 1.82) is 0 Å². The Labute approximate surface area is 123 Å². The Balaban J connectivity index is 2.02. The minimum absolute atomic E-state index is 0.0481. The highest BCUT2D eigenvalue weighted by Gasteiger charge is 2.10. The van der Waals surface area contributed by atoms with Crippen molar-refractivity contribution in [3.63, 3.8) is 0 Å². The van der Waals surface area contributed by atoms with E-state index < -0.39 is 0 Å². The Kier molecular flexibility index (Phi) is 4.72. The Morgan fingerprint density at radius 1 is 1.05 bits per heavy atom. The molecule has 0 spiro atoms. The van der Waals surface area contributed by atoms with Crippen molar-refractivity contribution < 1.29 is 14.7 Å². The van der Waals surface area contributed by atoms with Crippen LogP contribution in [0.1, 0.15) is 29.3 Å². The quantitative estimate of drug-likeness (QED) is 0.885. The number of hydrogen-bond donors (Lipinski definition) is 2. The van der Waals surface area contributed by atoms with Gasteiger partial charge in [-0.3, -0.25) is 4.79 Å². The largest absolute Gasteiger partial charge is 0.507 e. The Morgan fingerprint density at radius 2 is 1.71 bits per heavy atom. The summed E-state index contributed by atoms with van der Waals surface area (Å²) in [6.07, 6.45) is 1.21. The van der Waals surface area contributed by atoms with Crippen LogP contribution < -0.4 is 5.32 Å². The van der Waals surface area contributed by atoms with Crippen LogP contribution in [0.2, 0.25) is 0 Å². The number of carbonyl (C=O) groups is 2. The minimum Gasteiger partial charge on any atom is -0.507 e. The number of benzene rings is 2. The van der Waals surface area contributed by atoms with Gasteiger partial charge in [-0.1, -0.05) is 24.3 Å². The summed E-state index contributed by atoms with van der Waals surface area (Å²) >= 11 is 0. The highest BCUT2D eigenvalue weighted by atomic mass is 16.3. The van der Waals surface area contributed by atoms with Crippen LogP contribution in [-0.4, -0.2) is 16.8 Å². The fraction of sp³-hybridized carbons (Fsp3) is 0.176. The van der Waals surface area contributed by atoms with Crippen molar-refractivity contribution in [2.24, 2.45) is 0 Å². The summed E-state index contributed by atoms with van der Waals surface area (Å²) in [5.74, 6) is -0.246. The summed E-state index contributed by atoms with van der Waals surface area (Å²) in [4.78, 5) is 23.0. The summed E-state index contributed by atoms with van der Waals surface area (Å²) in [5.41, 5.74) is 1.93. The van der Waals surface area contributed by atoms with E-state index in [0.717, 1.165) is 5.56 Å². The standard InChI is InChI=1S/C17H17NO3/c1-12(19)6-7-13-8-10-14(11-9-13)18-17(21)15-4-2-3-5-16(15)20/h2-5,8-11,20H,6-7H2,1H3,(H,18,21). The van der Waals surface area contributed by atoms with Gasteiger partial charge in [0.1, 0.15) is 11.5 Å². The highest BCUT2D eigenvalue weighted by molar-refractivity contribution is 6.06. The number of phenols is 1. The molecule has 108 valence electrons. The lowest BCUT2D eigenvalue weighted by molar-refractivity contribution is -0.116. The average Bonchev–Trinajstić information content (AvgIpc) is 2.47. The summed E-state index contributed by atoms with van der Waals surface area (Å²) in [6.45, 7) is 1.57. The van der Waals surface area contributed by atoms with Crippen molar-refractivity contribution in [2.45, 2.75) is 19.8 Å². The third-order valence-electron chi connectivity index (χ3n) is 3.13. The van der Waals surface area contributed by atoms with Gasteiger partial charge in [0.25, 0.3) is 5.91 Å². The molecule has 0 heterocycles. The second kappa shape index (κ2) is 6.70. The number of hydrogen-bond acceptors (Lipinski definition) is 3. The predicted octanol–water partition coefficient (Wildman–Crippen LogP) is 3.17. The molecule has 0 saturated carbocycles. The van der Waals surface area contributed by atoms with Crippen LogP contribution >= 0.6 is 0 Å². The molecule has 0 atom stereocenters. The van der Waals surface area contributed by atoms with Crippen molar-refractivity contribution in [3.05, 3.63) is 59.7 Å². The fourth-order valence-electron chi connectivity index (χ4n) is 1.94.